The molecule has 2 aromatic rings. The van der Waals surface area contributed by atoms with Gasteiger partial charge in [-0.25, -0.2) is 8.78 Å². The molecule has 4 heteroatoms. The maximum absolute atomic E-state index is 13.1. The third kappa shape index (κ3) is 3.54. The van der Waals surface area contributed by atoms with Crippen LogP contribution < -0.4 is 10.1 Å². The highest BCUT2D eigenvalue weighted by molar-refractivity contribution is 5.35. The molecule has 0 bridgehead atoms. The number of rotatable bonds is 5. The highest BCUT2D eigenvalue weighted by Gasteiger charge is 2.07. The van der Waals surface area contributed by atoms with E-state index < -0.39 is 11.6 Å². The van der Waals surface area contributed by atoms with E-state index in [4.69, 9.17) is 4.74 Å². The lowest BCUT2D eigenvalue weighted by atomic mass is 10.1. The first kappa shape index (κ1) is 14.5. The Balaban J connectivity index is 2.16. The predicted octanol–water partition coefficient (Wildman–Crippen LogP) is 4.43. The molecule has 0 saturated heterocycles. The first-order chi connectivity index (χ1) is 9.60. The second-order valence-corrected chi connectivity index (χ2v) is 4.53. The summed E-state index contributed by atoms with van der Waals surface area (Å²) in [4.78, 5) is 0. The van der Waals surface area contributed by atoms with Gasteiger partial charge in [-0.2, -0.15) is 0 Å². The van der Waals surface area contributed by atoms with Gasteiger partial charge in [0.15, 0.2) is 11.6 Å². The number of halogens is 2. The molecule has 0 aromatic heterocycles. The molecule has 0 fully saturated rings. The van der Waals surface area contributed by atoms with E-state index >= 15 is 0 Å². The quantitative estimate of drug-likeness (QED) is 0.873. The Morgan fingerprint density at radius 1 is 1.05 bits per heavy atom. The molecule has 0 spiro atoms. The first-order valence-electron chi connectivity index (χ1n) is 6.56. The van der Waals surface area contributed by atoms with Crippen LogP contribution in [0.4, 0.5) is 8.78 Å². The van der Waals surface area contributed by atoms with Gasteiger partial charge in [0.1, 0.15) is 11.5 Å². The van der Waals surface area contributed by atoms with Crippen LogP contribution in [0.1, 0.15) is 25.5 Å². The Morgan fingerprint density at radius 2 is 1.80 bits per heavy atom. The Hall–Kier alpha value is -1.94. The third-order valence-electron chi connectivity index (χ3n) is 3.00. The highest BCUT2D eigenvalue weighted by atomic mass is 19.2. The van der Waals surface area contributed by atoms with Crippen molar-refractivity contribution >= 4 is 0 Å². The predicted molar refractivity (Wildman–Crippen MR) is 75.0 cm³/mol. The van der Waals surface area contributed by atoms with E-state index in [9.17, 15) is 8.78 Å². The van der Waals surface area contributed by atoms with E-state index in [1.165, 1.54) is 6.07 Å². The molecular weight excluding hydrogens is 260 g/mol. The first-order valence-corrected chi connectivity index (χ1v) is 6.56. The van der Waals surface area contributed by atoms with Crippen molar-refractivity contribution in [3.05, 3.63) is 59.7 Å². The maximum atomic E-state index is 13.1. The lowest BCUT2D eigenvalue weighted by Crippen LogP contribution is -2.17. The molecule has 0 radical (unpaired) electrons. The summed E-state index contributed by atoms with van der Waals surface area (Å²) in [5, 5.41) is 3.30. The number of nitrogens with one attached hydrogen (secondary N) is 1. The van der Waals surface area contributed by atoms with Crippen molar-refractivity contribution in [1.29, 1.82) is 0 Å². The van der Waals surface area contributed by atoms with Crippen LogP contribution in [-0.2, 0) is 0 Å². The van der Waals surface area contributed by atoms with Crippen LogP contribution in [0.15, 0.2) is 42.5 Å². The molecule has 0 aliphatic rings. The molecule has 1 N–H and O–H groups in total. The zero-order valence-corrected chi connectivity index (χ0v) is 11.5. The van der Waals surface area contributed by atoms with Crippen molar-refractivity contribution in [2.45, 2.75) is 19.9 Å². The van der Waals surface area contributed by atoms with Crippen molar-refractivity contribution in [3.63, 3.8) is 0 Å². The summed E-state index contributed by atoms with van der Waals surface area (Å²) in [5.74, 6) is -0.929. The molecule has 0 heterocycles. The average molecular weight is 277 g/mol. The molecule has 2 rings (SSSR count). The summed E-state index contributed by atoms with van der Waals surface area (Å²) in [5.41, 5.74) is 1.08. The minimum atomic E-state index is -0.917. The van der Waals surface area contributed by atoms with Gasteiger partial charge >= 0.3 is 0 Å². The van der Waals surface area contributed by atoms with E-state index in [0.717, 1.165) is 24.2 Å². The zero-order chi connectivity index (χ0) is 14.5. The topological polar surface area (TPSA) is 21.3 Å². The van der Waals surface area contributed by atoms with Crippen molar-refractivity contribution in [2.75, 3.05) is 6.54 Å². The second-order valence-electron chi connectivity index (χ2n) is 4.53. The summed E-state index contributed by atoms with van der Waals surface area (Å²) < 4.78 is 31.5. The highest BCUT2D eigenvalue weighted by Crippen LogP contribution is 2.25. The van der Waals surface area contributed by atoms with Crippen LogP contribution in [0.3, 0.4) is 0 Å². The SMILES string of the molecule is CCNC(C)c1cccc(Oc2ccc(F)c(F)c2)c1. The van der Waals surface area contributed by atoms with Gasteiger partial charge < -0.3 is 10.1 Å². The Labute approximate surface area is 117 Å². The zero-order valence-electron chi connectivity index (χ0n) is 11.5. The van der Waals surface area contributed by atoms with Gasteiger partial charge in [-0.1, -0.05) is 19.1 Å². The molecule has 1 unspecified atom stereocenters. The fraction of sp³-hybridized carbons (Fsp3) is 0.250. The van der Waals surface area contributed by atoms with Gasteiger partial charge in [0.2, 0.25) is 0 Å². The molecule has 2 nitrogen and oxygen atoms in total. The number of hydrogen-bond acceptors (Lipinski definition) is 2. The lowest BCUT2D eigenvalue weighted by molar-refractivity contribution is 0.460. The molecule has 0 aliphatic heterocycles. The summed E-state index contributed by atoms with van der Waals surface area (Å²) in [6.07, 6.45) is 0. The van der Waals surface area contributed by atoms with Crippen LogP contribution in [0.2, 0.25) is 0 Å². The van der Waals surface area contributed by atoms with Crippen molar-refractivity contribution in [2.24, 2.45) is 0 Å². The minimum absolute atomic E-state index is 0.202. The normalized spacial score (nSPS) is 12.2. The Bertz CT molecular complexity index is 586. The van der Waals surface area contributed by atoms with Crippen LogP contribution in [0.5, 0.6) is 11.5 Å². The summed E-state index contributed by atoms with van der Waals surface area (Å²) in [6, 6.07) is 11.2. The van der Waals surface area contributed by atoms with Gasteiger partial charge in [-0.15, -0.1) is 0 Å². The number of ether oxygens (including phenoxy) is 1. The van der Waals surface area contributed by atoms with Gasteiger partial charge in [-0.3, -0.25) is 0 Å². The van der Waals surface area contributed by atoms with Crippen LogP contribution in [0.25, 0.3) is 0 Å². The van der Waals surface area contributed by atoms with E-state index in [1.807, 2.05) is 25.1 Å². The molecule has 0 amide bonds. The summed E-state index contributed by atoms with van der Waals surface area (Å²) in [6.45, 7) is 4.97. The Morgan fingerprint density at radius 3 is 2.50 bits per heavy atom. The molecule has 2 aromatic carbocycles. The van der Waals surface area contributed by atoms with Crippen molar-refractivity contribution in [3.8, 4) is 11.5 Å². The maximum Gasteiger partial charge on any atom is 0.162 e. The molecule has 1 atom stereocenters. The molecule has 20 heavy (non-hydrogen) atoms. The van der Waals surface area contributed by atoms with Gasteiger partial charge in [0.25, 0.3) is 0 Å². The molecule has 0 aliphatic carbocycles. The van der Waals surface area contributed by atoms with E-state index in [-0.39, 0.29) is 11.8 Å². The minimum Gasteiger partial charge on any atom is -0.457 e. The fourth-order valence-corrected chi connectivity index (χ4v) is 1.95. The average Bonchev–Trinajstić information content (AvgIpc) is 2.43. The van der Waals surface area contributed by atoms with Gasteiger partial charge in [-0.05, 0) is 43.3 Å². The third-order valence-corrected chi connectivity index (χ3v) is 3.00. The van der Waals surface area contributed by atoms with Gasteiger partial charge in [0.05, 0.1) is 0 Å². The van der Waals surface area contributed by atoms with Crippen LogP contribution >= 0.6 is 0 Å². The van der Waals surface area contributed by atoms with Crippen molar-refractivity contribution < 1.29 is 13.5 Å². The summed E-state index contributed by atoms with van der Waals surface area (Å²) in [7, 11) is 0. The standard InChI is InChI=1S/C16H17F2NO/c1-3-19-11(2)12-5-4-6-13(9-12)20-14-7-8-15(17)16(18)10-14/h4-11,19H,3H2,1-2H3. The van der Waals surface area contributed by atoms with Crippen LogP contribution in [-0.4, -0.2) is 6.54 Å². The van der Waals surface area contributed by atoms with E-state index in [0.29, 0.717) is 5.75 Å². The Kier molecular flexibility index (Phi) is 4.69. The van der Waals surface area contributed by atoms with E-state index in [2.05, 4.69) is 12.2 Å². The van der Waals surface area contributed by atoms with E-state index in [1.54, 1.807) is 6.07 Å². The van der Waals surface area contributed by atoms with Crippen molar-refractivity contribution in [1.82, 2.24) is 5.32 Å². The lowest BCUT2D eigenvalue weighted by Gasteiger charge is -2.14. The number of hydrogen-bond donors (Lipinski definition) is 1. The largest absolute Gasteiger partial charge is 0.457 e. The monoisotopic (exact) mass is 277 g/mol. The number of benzene rings is 2. The second kappa shape index (κ2) is 6.48. The summed E-state index contributed by atoms with van der Waals surface area (Å²) >= 11 is 0. The smallest absolute Gasteiger partial charge is 0.162 e. The van der Waals surface area contributed by atoms with Gasteiger partial charge in [0, 0.05) is 12.1 Å². The fourth-order valence-electron chi connectivity index (χ4n) is 1.95. The van der Waals surface area contributed by atoms with Crippen LogP contribution in [0, 0.1) is 11.6 Å². The molecule has 106 valence electrons. The molecule has 0 saturated carbocycles. The molecular formula is C16H17F2NO.